The van der Waals surface area contributed by atoms with Crippen LogP contribution in [-0.2, 0) is 0 Å². The van der Waals surface area contributed by atoms with Crippen molar-refractivity contribution in [1.29, 1.82) is 0 Å². The van der Waals surface area contributed by atoms with E-state index in [1.165, 1.54) is 16.9 Å². The summed E-state index contributed by atoms with van der Waals surface area (Å²) in [6, 6.07) is 11.0. The van der Waals surface area contributed by atoms with E-state index in [1.54, 1.807) is 23.1 Å². The van der Waals surface area contributed by atoms with Gasteiger partial charge < -0.3 is 4.90 Å². The normalized spacial score (nSPS) is 11.3. The van der Waals surface area contributed by atoms with Crippen molar-refractivity contribution in [2.45, 2.75) is 13.3 Å². The molecule has 0 atom stereocenters. The molecule has 0 unspecified atom stereocenters. The van der Waals surface area contributed by atoms with E-state index in [2.05, 4.69) is 16.0 Å². The number of halogens is 2. The van der Waals surface area contributed by atoms with E-state index >= 15 is 0 Å². The Labute approximate surface area is 173 Å². The largest absolute Gasteiger partial charge is 0.309 e. The van der Waals surface area contributed by atoms with Gasteiger partial charge in [0.15, 0.2) is 5.13 Å². The van der Waals surface area contributed by atoms with Crippen LogP contribution in [0.15, 0.2) is 36.4 Å². The molecular formula is C20H21Cl2N3OS. The number of anilines is 1. The summed E-state index contributed by atoms with van der Waals surface area (Å²) in [5, 5.41) is 1.58. The molecule has 0 aliphatic rings. The Morgan fingerprint density at radius 3 is 2.44 bits per heavy atom. The monoisotopic (exact) mass is 421 g/mol. The van der Waals surface area contributed by atoms with Crippen LogP contribution in [-0.4, -0.2) is 43.0 Å². The number of rotatable bonds is 6. The first kappa shape index (κ1) is 20.1. The van der Waals surface area contributed by atoms with Crippen LogP contribution >= 0.6 is 34.5 Å². The molecule has 0 saturated carbocycles. The first-order valence-corrected chi connectivity index (χ1v) is 10.2. The molecule has 0 aliphatic heterocycles. The number of aromatic nitrogens is 1. The van der Waals surface area contributed by atoms with E-state index in [0.717, 1.165) is 23.2 Å². The zero-order chi connectivity index (χ0) is 19.6. The van der Waals surface area contributed by atoms with Gasteiger partial charge in [0.2, 0.25) is 0 Å². The first-order chi connectivity index (χ1) is 12.8. The number of aryl methyl sites for hydroxylation is 1. The van der Waals surface area contributed by atoms with Crippen molar-refractivity contribution in [2.75, 3.05) is 32.1 Å². The molecule has 27 heavy (non-hydrogen) atoms. The molecule has 4 nitrogen and oxygen atoms in total. The van der Waals surface area contributed by atoms with Crippen LogP contribution in [0.4, 0.5) is 5.13 Å². The van der Waals surface area contributed by atoms with Crippen molar-refractivity contribution < 1.29 is 4.79 Å². The number of thiazole rings is 1. The smallest absolute Gasteiger partial charge is 0.260 e. The molecule has 1 heterocycles. The highest BCUT2D eigenvalue weighted by atomic mass is 35.5. The Bertz CT molecular complexity index is 951. The van der Waals surface area contributed by atoms with Gasteiger partial charge in [-0.2, -0.15) is 0 Å². The molecule has 0 spiro atoms. The van der Waals surface area contributed by atoms with Gasteiger partial charge in [-0.1, -0.05) is 40.6 Å². The van der Waals surface area contributed by atoms with E-state index in [4.69, 9.17) is 23.2 Å². The van der Waals surface area contributed by atoms with E-state index < -0.39 is 0 Å². The van der Waals surface area contributed by atoms with Crippen LogP contribution in [0.25, 0.3) is 10.2 Å². The standard InChI is InChI=1S/C20H21Cl2N3OS/c1-13-5-6-17-18(9-13)27-20(23-17)25(8-4-7-24(2)3)19(26)14-10-15(21)12-16(22)11-14/h5-6,9-12H,4,7-8H2,1-3H3. The van der Waals surface area contributed by atoms with E-state index in [0.29, 0.717) is 27.3 Å². The number of hydrogen-bond donors (Lipinski definition) is 0. The summed E-state index contributed by atoms with van der Waals surface area (Å²) < 4.78 is 1.07. The van der Waals surface area contributed by atoms with Crippen molar-refractivity contribution >= 4 is 55.8 Å². The fraction of sp³-hybridized carbons (Fsp3) is 0.300. The van der Waals surface area contributed by atoms with Gasteiger partial charge in [-0.15, -0.1) is 0 Å². The predicted octanol–water partition coefficient (Wildman–Crippen LogP) is 5.51. The lowest BCUT2D eigenvalue weighted by molar-refractivity contribution is 0.0986. The average Bonchev–Trinajstić information content (AvgIpc) is 2.99. The maximum absolute atomic E-state index is 13.2. The van der Waals surface area contributed by atoms with E-state index in [1.807, 2.05) is 33.2 Å². The lowest BCUT2D eigenvalue weighted by Gasteiger charge is -2.21. The van der Waals surface area contributed by atoms with Crippen molar-refractivity contribution in [3.8, 4) is 0 Å². The lowest BCUT2D eigenvalue weighted by Crippen LogP contribution is -2.33. The molecule has 0 fully saturated rings. The van der Waals surface area contributed by atoms with Crippen LogP contribution in [0.1, 0.15) is 22.3 Å². The van der Waals surface area contributed by atoms with Gasteiger partial charge in [0, 0.05) is 22.2 Å². The highest BCUT2D eigenvalue weighted by Gasteiger charge is 2.22. The molecule has 0 N–H and O–H groups in total. The third-order valence-electron chi connectivity index (χ3n) is 4.11. The van der Waals surface area contributed by atoms with Gasteiger partial charge in [0.25, 0.3) is 5.91 Å². The van der Waals surface area contributed by atoms with E-state index in [9.17, 15) is 4.79 Å². The number of fused-ring (bicyclic) bond motifs is 1. The van der Waals surface area contributed by atoms with Gasteiger partial charge >= 0.3 is 0 Å². The minimum absolute atomic E-state index is 0.145. The van der Waals surface area contributed by atoms with Gasteiger partial charge in [-0.05, 0) is 69.9 Å². The van der Waals surface area contributed by atoms with Crippen molar-refractivity contribution in [2.24, 2.45) is 0 Å². The van der Waals surface area contributed by atoms with Crippen molar-refractivity contribution in [1.82, 2.24) is 9.88 Å². The molecule has 3 aromatic rings. The lowest BCUT2D eigenvalue weighted by atomic mass is 10.2. The number of amides is 1. The number of benzene rings is 2. The second kappa shape index (κ2) is 8.57. The highest BCUT2D eigenvalue weighted by Crippen LogP contribution is 2.31. The van der Waals surface area contributed by atoms with Gasteiger partial charge in [0.05, 0.1) is 10.2 Å². The van der Waals surface area contributed by atoms with Crippen molar-refractivity contribution in [3.63, 3.8) is 0 Å². The molecule has 7 heteroatoms. The molecule has 1 aromatic heterocycles. The summed E-state index contributed by atoms with van der Waals surface area (Å²) in [6.07, 6.45) is 0.835. The third kappa shape index (κ3) is 4.99. The minimum Gasteiger partial charge on any atom is -0.309 e. The summed E-state index contributed by atoms with van der Waals surface area (Å²) in [4.78, 5) is 21.7. The van der Waals surface area contributed by atoms with Gasteiger partial charge in [-0.3, -0.25) is 9.69 Å². The number of hydrogen-bond acceptors (Lipinski definition) is 4. The number of carbonyl (C=O) groups is 1. The Balaban J connectivity index is 1.97. The average molecular weight is 422 g/mol. The minimum atomic E-state index is -0.145. The van der Waals surface area contributed by atoms with Crippen LogP contribution in [0.5, 0.6) is 0 Å². The molecule has 1 amide bonds. The molecule has 2 aromatic carbocycles. The number of nitrogens with zero attached hydrogens (tertiary/aromatic N) is 3. The molecule has 3 rings (SSSR count). The maximum atomic E-state index is 13.2. The fourth-order valence-corrected chi connectivity index (χ4v) is 4.41. The Morgan fingerprint density at radius 1 is 1.07 bits per heavy atom. The summed E-state index contributed by atoms with van der Waals surface area (Å²) in [6.45, 7) is 3.50. The van der Waals surface area contributed by atoms with Crippen LogP contribution in [0.2, 0.25) is 10.0 Å². The third-order valence-corrected chi connectivity index (χ3v) is 5.58. The SMILES string of the molecule is Cc1ccc2nc(N(CCCN(C)C)C(=O)c3cc(Cl)cc(Cl)c3)sc2c1. The van der Waals surface area contributed by atoms with Gasteiger partial charge in [-0.25, -0.2) is 4.98 Å². The maximum Gasteiger partial charge on any atom is 0.260 e. The van der Waals surface area contributed by atoms with Crippen molar-refractivity contribution in [3.05, 3.63) is 57.6 Å². The zero-order valence-electron chi connectivity index (χ0n) is 15.5. The molecule has 142 valence electrons. The second-order valence-corrected chi connectivity index (χ2v) is 8.62. The molecule has 0 saturated heterocycles. The molecule has 0 radical (unpaired) electrons. The fourth-order valence-electron chi connectivity index (χ4n) is 2.80. The summed E-state index contributed by atoms with van der Waals surface area (Å²) in [5.41, 5.74) is 2.53. The van der Waals surface area contributed by atoms with Gasteiger partial charge in [0.1, 0.15) is 0 Å². The van der Waals surface area contributed by atoms with Crippen LogP contribution < -0.4 is 4.90 Å². The first-order valence-electron chi connectivity index (χ1n) is 8.63. The summed E-state index contributed by atoms with van der Waals surface area (Å²) >= 11 is 13.7. The van der Waals surface area contributed by atoms with Crippen LogP contribution in [0.3, 0.4) is 0 Å². The second-order valence-electron chi connectivity index (χ2n) is 6.74. The number of carbonyl (C=O) groups excluding carboxylic acids is 1. The summed E-state index contributed by atoms with van der Waals surface area (Å²) in [5.74, 6) is -0.145. The Hall–Kier alpha value is -1.66. The topological polar surface area (TPSA) is 36.4 Å². The quantitative estimate of drug-likeness (QED) is 0.526. The van der Waals surface area contributed by atoms with E-state index in [-0.39, 0.29) is 5.91 Å². The summed E-state index contributed by atoms with van der Waals surface area (Å²) in [7, 11) is 4.03. The molecule has 0 bridgehead atoms. The highest BCUT2D eigenvalue weighted by molar-refractivity contribution is 7.22. The molecular weight excluding hydrogens is 401 g/mol. The Kier molecular flexibility index (Phi) is 6.37. The Morgan fingerprint density at radius 2 is 1.78 bits per heavy atom. The molecule has 0 aliphatic carbocycles. The van der Waals surface area contributed by atoms with Crippen LogP contribution in [0, 0.1) is 6.92 Å². The zero-order valence-corrected chi connectivity index (χ0v) is 17.8. The predicted molar refractivity (Wildman–Crippen MR) is 116 cm³/mol.